The van der Waals surface area contributed by atoms with Gasteiger partial charge in [-0.3, -0.25) is 11.3 Å². The Kier molecular flexibility index (Phi) is 6.26. The minimum Gasteiger partial charge on any atom is -0.497 e. The van der Waals surface area contributed by atoms with Gasteiger partial charge < -0.3 is 14.2 Å². The van der Waals surface area contributed by atoms with E-state index >= 15 is 0 Å². The number of nitrogens with two attached hydrogens (primary N) is 1. The smallest absolute Gasteiger partial charge is 0.122 e. The van der Waals surface area contributed by atoms with Gasteiger partial charge in [0.05, 0.1) is 25.9 Å². The second kappa shape index (κ2) is 7.47. The zero-order valence-electron chi connectivity index (χ0n) is 13.0. The van der Waals surface area contributed by atoms with Crippen LogP contribution in [0.4, 0.5) is 0 Å². The average molecular weight is 282 g/mol. The van der Waals surface area contributed by atoms with E-state index in [9.17, 15) is 0 Å². The van der Waals surface area contributed by atoms with Gasteiger partial charge in [0.25, 0.3) is 0 Å². The minimum atomic E-state index is -0.369. The van der Waals surface area contributed by atoms with E-state index in [4.69, 9.17) is 20.1 Å². The maximum Gasteiger partial charge on any atom is 0.122 e. The molecule has 5 heteroatoms. The molecule has 0 radical (unpaired) electrons. The largest absolute Gasteiger partial charge is 0.497 e. The first-order valence-electron chi connectivity index (χ1n) is 6.85. The van der Waals surface area contributed by atoms with Crippen molar-refractivity contribution in [1.29, 1.82) is 0 Å². The summed E-state index contributed by atoms with van der Waals surface area (Å²) >= 11 is 0. The molecule has 0 amide bonds. The van der Waals surface area contributed by atoms with Crippen LogP contribution in [0.5, 0.6) is 11.5 Å². The summed E-state index contributed by atoms with van der Waals surface area (Å²) in [6.45, 7) is 4.18. The summed E-state index contributed by atoms with van der Waals surface area (Å²) in [6.07, 6.45) is 1.68. The second-order valence-electron chi connectivity index (χ2n) is 4.72. The van der Waals surface area contributed by atoms with Gasteiger partial charge in [-0.1, -0.05) is 13.8 Å². The van der Waals surface area contributed by atoms with E-state index in [-0.39, 0.29) is 11.6 Å². The molecule has 0 aromatic heterocycles. The quantitative estimate of drug-likeness (QED) is 0.566. The lowest BCUT2D eigenvalue weighted by molar-refractivity contribution is -0.0487. The maximum atomic E-state index is 5.79. The fourth-order valence-electron chi connectivity index (χ4n) is 2.61. The molecule has 1 atom stereocenters. The molecule has 0 fully saturated rings. The molecule has 0 saturated heterocycles. The van der Waals surface area contributed by atoms with Crippen LogP contribution in [0.1, 0.15) is 38.3 Å². The molecular formula is C15H26N2O3. The molecule has 0 aliphatic carbocycles. The van der Waals surface area contributed by atoms with Crippen LogP contribution in [0, 0.1) is 0 Å². The van der Waals surface area contributed by atoms with Crippen molar-refractivity contribution in [1.82, 2.24) is 5.43 Å². The standard InChI is InChI=1S/C15H26N2O3/c1-6-15(7-2,20-5)14(17-16)11-8-12(18-3)10-13(9-11)19-4/h8-10,14,17H,6-7,16H2,1-5H3. The summed E-state index contributed by atoms with van der Waals surface area (Å²) in [5.74, 6) is 7.26. The molecule has 0 aliphatic rings. The van der Waals surface area contributed by atoms with Gasteiger partial charge in [-0.15, -0.1) is 0 Å². The number of ether oxygens (including phenoxy) is 3. The zero-order valence-corrected chi connectivity index (χ0v) is 13.0. The molecule has 1 aromatic rings. The summed E-state index contributed by atoms with van der Waals surface area (Å²) in [6, 6.07) is 5.59. The summed E-state index contributed by atoms with van der Waals surface area (Å²) in [7, 11) is 4.98. The summed E-state index contributed by atoms with van der Waals surface area (Å²) in [5.41, 5.74) is 3.49. The van der Waals surface area contributed by atoms with E-state index in [1.54, 1.807) is 21.3 Å². The molecule has 0 aliphatic heterocycles. The number of methoxy groups -OCH3 is 3. The highest BCUT2D eigenvalue weighted by molar-refractivity contribution is 5.40. The van der Waals surface area contributed by atoms with Gasteiger partial charge in [0.15, 0.2) is 0 Å². The molecule has 20 heavy (non-hydrogen) atoms. The highest BCUT2D eigenvalue weighted by Crippen LogP contribution is 2.37. The number of rotatable bonds is 8. The Morgan fingerprint density at radius 2 is 1.55 bits per heavy atom. The van der Waals surface area contributed by atoms with Crippen molar-refractivity contribution < 1.29 is 14.2 Å². The van der Waals surface area contributed by atoms with Gasteiger partial charge in [-0.25, -0.2) is 0 Å². The van der Waals surface area contributed by atoms with E-state index in [2.05, 4.69) is 19.3 Å². The zero-order chi connectivity index (χ0) is 15.2. The monoisotopic (exact) mass is 282 g/mol. The molecule has 0 saturated carbocycles. The number of benzene rings is 1. The van der Waals surface area contributed by atoms with Crippen LogP contribution in [0.25, 0.3) is 0 Å². The maximum absolute atomic E-state index is 5.79. The van der Waals surface area contributed by atoms with Gasteiger partial charge in [0.2, 0.25) is 0 Å². The number of hydrogen-bond acceptors (Lipinski definition) is 5. The predicted molar refractivity (Wildman–Crippen MR) is 79.9 cm³/mol. The lowest BCUT2D eigenvalue weighted by Gasteiger charge is -2.38. The van der Waals surface area contributed by atoms with Crippen LogP contribution in [-0.2, 0) is 4.74 Å². The van der Waals surface area contributed by atoms with E-state index in [0.717, 1.165) is 29.9 Å². The number of nitrogens with one attached hydrogen (secondary N) is 1. The third-order valence-electron chi connectivity index (χ3n) is 4.00. The van der Waals surface area contributed by atoms with Crippen LogP contribution in [0.2, 0.25) is 0 Å². The third-order valence-corrected chi connectivity index (χ3v) is 4.00. The Morgan fingerprint density at radius 1 is 1.05 bits per heavy atom. The molecule has 1 aromatic carbocycles. The Labute approximate surface area is 121 Å². The van der Waals surface area contributed by atoms with Crippen molar-refractivity contribution in [2.45, 2.75) is 38.3 Å². The summed E-state index contributed by atoms with van der Waals surface area (Å²) in [5, 5.41) is 0. The molecule has 3 N–H and O–H groups in total. The Hall–Kier alpha value is -1.30. The Bertz CT molecular complexity index is 389. The summed E-state index contributed by atoms with van der Waals surface area (Å²) in [4.78, 5) is 0. The number of hydrazine groups is 1. The van der Waals surface area contributed by atoms with Crippen molar-refractivity contribution >= 4 is 0 Å². The molecule has 1 unspecified atom stereocenters. The fraction of sp³-hybridized carbons (Fsp3) is 0.600. The SMILES string of the molecule is CCC(CC)(OC)C(NN)c1cc(OC)cc(OC)c1. The van der Waals surface area contributed by atoms with E-state index in [1.165, 1.54) is 0 Å². The van der Waals surface area contributed by atoms with E-state index in [0.29, 0.717) is 0 Å². The normalized spacial score (nSPS) is 13.1. The first kappa shape index (κ1) is 16.8. The lowest BCUT2D eigenvalue weighted by atomic mass is 9.84. The van der Waals surface area contributed by atoms with Crippen LogP contribution in [0.3, 0.4) is 0 Å². The van der Waals surface area contributed by atoms with Gasteiger partial charge >= 0.3 is 0 Å². The second-order valence-corrected chi connectivity index (χ2v) is 4.72. The average Bonchev–Trinajstić information content (AvgIpc) is 2.52. The molecule has 5 nitrogen and oxygen atoms in total. The van der Waals surface area contributed by atoms with Crippen molar-refractivity contribution in [3.8, 4) is 11.5 Å². The van der Waals surface area contributed by atoms with Crippen LogP contribution in [-0.4, -0.2) is 26.9 Å². The topological polar surface area (TPSA) is 65.7 Å². The number of hydrogen-bond donors (Lipinski definition) is 2. The Morgan fingerprint density at radius 3 is 1.85 bits per heavy atom. The minimum absolute atomic E-state index is 0.147. The molecule has 114 valence electrons. The molecule has 0 bridgehead atoms. The van der Waals surface area contributed by atoms with Gasteiger partial charge in [0.1, 0.15) is 11.5 Å². The first-order valence-corrected chi connectivity index (χ1v) is 6.85. The predicted octanol–water partition coefficient (Wildman–Crippen LogP) is 2.41. The highest BCUT2D eigenvalue weighted by Gasteiger charge is 2.36. The fourth-order valence-corrected chi connectivity index (χ4v) is 2.61. The van der Waals surface area contributed by atoms with Gasteiger partial charge in [-0.2, -0.15) is 0 Å². The van der Waals surface area contributed by atoms with Crippen LogP contribution >= 0.6 is 0 Å². The van der Waals surface area contributed by atoms with Crippen molar-refractivity contribution in [3.05, 3.63) is 23.8 Å². The third kappa shape index (κ3) is 3.23. The first-order chi connectivity index (χ1) is 9.60. The van der Waals surface area contributed by atoms with Gasteiger partial charge in [0, 0.05) is 13.2 Å². The van der Waals surface area contributed by atoms with Crippen molar-refractivity contribution in [3.63, 3.8) is 0 Å². The van der Waals surface area contributed by atoms with E-state index in [1.807, 2.05) is 18.2 Å². The van der Waals surface area contributed by atoms with Crippen molar-refractivity contribution in [2.24, 2.45) is 5.84 Å². The van der Waals surface area contributed by atoms with Crippen molar-refractivity contribution in [2.75, 3.05) is 21.3 Å². The molecular weight excluding hydrogens is 256 g/mol. The van der Waals surface area contributed by atoms with Crippen LogP contribution < -0.4 is 20.7 Å². The highest BCUT2D eigenvalue weighted by atomic mass is 16.5. The summed E-state index contributed by atoms with van der Waals surface area (Å²) < 4.78 is 16.4. The lowest BCUT2D eigenvalue weighted by Crippen LogP contribution is -2.47. The molecule has 0 heterocycles. The molecule has 1 rings (SSSR count). The van der Waals surface area contributed by atoms with E-state index < -0.39 is 0 Å². The van der Waals surface area contributed by atoms with Crippen LogP contribution in [0.15, 0.2) is 18.2 Å². The molecule has 0 spiro atoms. The van der Waals surface area contributed by atoms with Gasteiger partial charge in [-0.05, 0) is 30.5 Å². The Balaban J connectivity index is 3.29.